The molecule has 4 rings (SSSR count). The number of anilines is 1. The minimum atomic E-state index is -0.614. The van der Waals surface area contributed by atoms with E-state index in [1.165, 1.54) is 17.4 Å². The van der Waals surface area contributed by atoms with E-state index >= 15 is 0 Å². The van der Waals surface area contributed by atoms with Crippen LogP contribution in [0, 0.1) is 0 Å². The van der Waals surface area contributed by atoms with Crippen molar-refractivity contribution in [2.45, 2.75) is 26.2 Å². The van der Waals surface area contributed by atoms with E-state index in [1.54, 1.807) is 10.8 Å². The van der Waals surface area contributed by atoms with Crippen molar-refractivity contribution in [3.05, 3.63) is 77.4 Å². The first-order valence-electron chi connectivity index (χ1n) is 10.5. The molecule has 0 fully saturated rings. The second kappa shape index (κ2) is 9.38. The highest BCUT2D eigenvalue weighted by Gasteiger charge is 2.21. The third-order valence-corrected chi connectivity index (χ3v) is 5.77. The van der Waals surface area contributed by atoms with Gasteiger partial charge in [0, 0.05) is 17.6 Å². The minimum absolute atomic E-state index is 0.197. The molecule has 0 spiro atoms. The molecule has 2 aromatic heterocycles. The molecule has 1 N–H and O–H groups in total. The monoisotopic (exact) mass is 460 g/mol. The van der Waals surface area contributed by atoms with Crippen LogP contribution in [0.25, 0.3) is 22.0 Å². The maximum atomic E-state index is 12.5. The number of ether oxygens (including phenoxy) is 1. The Labute approximate surface area is 195 Å². The van der Waals surface area contributed by atoms with E-state index in [0.29, 0.717) is 10.8 Å². The molecule has 7 nitrogen and oxygen atoms in total. The maximum Gasteiger partial charge on any atom is 0.331 e. The molecule has 8 heteroatoms. The average molecular weight is 461 g/mol. The first kappa shape index (κ1) is 22.4. The lowest BCUT2D eigenvalue weighted by Crippen LogP contribution is -2.21. The first-order chi connectivity index (χ1) is 15.8. The summed E-state index contributed by atoms with van der Waals surface area (Å²) in [7, 11) is 0. The van der Waals surface area contributed by atoms with E-state index in [-0.39, 0.29) is 5.41 Å². The van der Waals surface area contributed by atoms with Gasteiger partial charge in [-0.2, -0.15) is 5.10 Å². The van der Waals surface area contributed by atoms with E-state index in [4.69, 9.17) is 4.74 Å². The lowest BCUT2D eigenvalue weighted by atomic mass is 9.92. The van der Waals surface area contributed by atoms with Crippen molar-refractivity contribution in [3.63, 3.8) is 0 Å². The summed E-state index contributed by atoms with van der Waals surface area (Å²) in [6, 6.07) is 19.1. The molecule has 1 amide bonds. The molecule has 33 heavy (non-hydrogen) atoms. The molecule has 0 bridgehead atoms. The zero-order chi connectivity index (χ0) is 23.4. The SMILES string of the molecule is CC(C)(C)c1cc(NC(=O)COC(=O)/C=C/c2nc3ccccc3s2)n(-c2ccccc2)n1. The van der Waals surface area contributed by atoms with Gasteiger partial charge in [0.25, 0.3) is 5.91 Å². The molecule has 0 saturated carbocycles. The van der Waals surface area contributed by atoms with E-state index in [1.807, 2.05) is 60.7 Å². The summed E-state index contributed by atoms with van der Waals surface area (Å²) in [4.78, 5) is 29.0. The fourth-order valence-electron chi connectivity index (χ4n) is 3.07. The van der Waals surface area contributed by atoms with Gasteiger partial charge in [-0.25, -0.2) is 14.5 Å². The van der Waals surface area contributed by atoms with Gasteiger partial charge >= 0.3 is 5.97 Å². The van der Waals surface area contributed by atoms with E-state index < -0.39 is 18.5 Å². The van der Waals surface area contributed by atoms with Crippen molar-refractivity contribution in [2.75, 3.05) is 11.9 Å². The van der Waals surface area contributed by atoms with Gasteiger partial charge in [0.1, 0.15) is 10.8 Å². The number of fused-ring (bicyclic) bond motifs is 1. The first-order valence-corrected chi connectivity index (χ1v) is 11.3. The van der Waals surface area contributed by atoms with Gasteiger partial charge < -0.3 is 10.1 Å². The molecule has 2 heterocycles. The van der Waals surface area contributed by atoms with E-state index in [2.05, 4.69) is 36.2 Å². The zero-order valence-corrected chi connectivity index (χ0v) is 19.4. The summed E-state index contributed by atoms with van der Waals surface area (Å²) < 4.78 is 7.81. The third-order valence-electron chi connectivity index (χ3n) is 4.76. The summed E-state index contributed by atoms with van der Waals surface area (Å²) in [5, 5.41) is 8.15. The van der Waals surface area contributed by atoms with Gasteiger partial charge in [-0.1, -0.05) is 51.1 Å². The Morgan fingerprint density at radius 3 is 2.55 bits per heavy atom. The minimum Gasteiger partial charge on any atom is -0.452 e. The molecule has 0 radical (unpaired) electrons. The molecule has 0 atom stereocenters. The Hall–Kier alpha value is -3.78. The van der Waals surface area contributed by atoms with Crippen molar-refractivity contribution in [2.24, 2.45) is 0 Å². The summed E-state index contributed by atoms with van der Waals surface area (Å²) in [6.45, 7) is 5.75. The second-order valence-electron chi connectivity index (χ2n) is 8.42. The van der Waals surface area contributed by atoms with E-state index in [9.17, 15) is 9.59 Å². The number of hydrogen-bond donors (Lipinski definition) is 1. The Balaban J connectivity index is 1.40. The van der Waals surface area contributed by atoms with Crippen LogP contribution < -0.4 is 5.32 Å². The van der Waals surface area contributed by atoms with Crippen LogP contribution in [0.2, 0.25) is 0 Å². The fourth-order valence-corrected chi connectivity index (χ4v) is 3.94. The van der Waals surface area contributed by atoms with Gasteiger partial charge in [0.2, 0.25) is 0 Å². The molecule has 168 valence electrons. The number of nitrogens with zero attached hydrogens (tertiary/aromatic N) is 3. The highest BCUT2D eigenvalue weighted by Crippen LogP contribution is 2.26. The van der Waals surface area contributed by atoms with Crippen LogP contribution in [-0.2, 0) is 19.7 Å². The molecule has 0 aliphatic heterocycles. The summed E-state index contributed by atoms with van der Waals surface area (Å²) >= 11 is 1.47. The Morgan fingerprint density at radius 2 is 1.82 bits per heavy atom. The van der Waals surface area contributed by atoms with Crippen LogP contribution in [0.5, 0.6) is 0 Å². The average Bonchev–Trinajstić information content (AvgIpc) is 3.41. The number of hydrogen-bond acceptors (Lipinski definition) is 6. The second-order valence-corrected chi connectivity index (χ2v) is 9.48. The number of amides is 1. The number of esters is 1. The topological polar surface area (TPSA) is 86.1 Å². The predicted molar refractivity (Wildman–Crippen MR) is 131 cm³/mol. The Kier molecular flexibility index (Phi) is 6.37. The number of para-hydroxylation sites is 2. The van der Waals surface area contributed by atoms with Gasteiger partial charge in [-0.3, -0.25) is 4.79 Å². The summed E-state index contributed by atoms with van der Waals surface area (Å²) in [5.41, 5.74) is 2.33. The number of aromatic nitrogens is 3. The van der Waals surface area contributed by atoms with Crippen molar-refractivity contribution in [1.29, 1.82) is 0 Å². The molecular formula is C25H24N4O3S. The van der Waals surface area contributed by atoms with Gasteiger partial charge in [-0.15, -0.1) is 11.3 Å². The van der Waals surface area contributed by atoms with E-state index in [0.717, 1.165) is 21.6 Å². The van der Waals surface area contributed by atoms with Crippen LogP contribution >= 0.6 is 11.3 Å². The number of carbonyl (C=O) groups excluding carboxylic acids is 2. The molecule has 0 aliphatic carbocycles. The lowest BCUT2D eigenvalue weighted by Gasteiger charge is -2.14. The van der Waals surface area contributed by atoms with Crippen molar-refractivity contribution < 1.29 is 14.3 Å². The maximum absolute atomic E-state index is 12.5. The lowest BCUT2D eigenvalue weighted by molar-refractivity contribution is -0.142. The zero-order valence-electron chi connectivity index (χ0n) is 18.6. The normalized spacial score (nSPS) is 11.7. The summed E-state index contributed by atoms with van der Waals surface area (Å²) in [6.07, 6.45) is 2.86. The molecule has 0 aliphatic rings. The largest absolute Gasteiger partial charge is 0.452 e. The smallest absolute Gasteiger partial charge is 0.331 e. The van der Waals surface area contributed by atoms with Gasteiger partial charge in [0.05, 0.1) is 21.6 Å². The fraction of sp³-hybridized carbons (Fsp3) is 0.200. The van der Waals surface area contributed by atoms with Crippen LogP contribution in [-0.4, -0.2) is 33.2 Å². The van der Waals surface area contributed by atoms with Gasteiger partial charge in [-0.05, 0) is 30.3 Å². The van der Waals surface area contributed by atoms with Crippen LogP contribution in [0.3, 0.4) is 0 Å². The van der Waals surface area contributed by atoms with Gasteiger partial charge in [0.15, 0.2) is 6.61 Å². The molecule has 4 aromatic rings. The summed E-state index contributed by atoms with van der Waals surface area (Å²) in [5.74, 6) is -0.553. The number of rotatable bonds is 6. The van der Waals surface area contributed by atoms with Crippen LogP contribution in [0.15, 0.2) is 66.7 Å². The highest BCUT2D eigenvalue weighted by atomic mass is 32.1. The predicted octanol–water partition coefficient (Wildman–Crippen LogP) is 4.97. The molecular weight excluding hydrogens is 436 g/mol. The van der Waals surface area contributed by atoms with Crippen molar-refractivity contribution in [3.8, 4) is 5.69 Å². The molecule has 2 aromatic carbocycles. The van der Waals surface area contributed by atoms with Crippen LogP contribution in [0.1, 0.15) is 31.5 Å². The number of nitrogens with one attached hydrogen (secondary N) is 1. The Morgan fingerprint density at radius 1 is 1.09 bits per heavy atom. The Bertz CT molecular complexity index is 1280. The van der Waals surface area contributed by atoms with Crippen molar-refractivity contribution in [1.82, 2.24) is 14.8 Å². The standard InChI is InChI=1S/C25H24N4O3S/c1-25(2,3)20-15-21(29(28-20)17-9-5-4-6-10-17)27-22(30)16-32-24(31)14-13-23-26-18-11-7-8-12-19(18)33-23/h4-15H,16H2,1-3H3,(H,27,30)/b14-13+. The molecule has 0 unspecified atom stereocenters. The number of benzene rings is 2. The molecule has 0 saturated heterocycles. The number of carbonyl (C=O) groups is 2. The van der Waals surface area contributed by atoms with Crippen molar-refractivity contribution >= 4 is 45.3 Å². The highest BCUT2D eigenvalue weighted by molar-refractivity contribution is 7.19. The quantitative estimate of drug-likeness (QED) is 0.324. The number of thiazole rings is 1. The van der Waals surface area contributed by atoms with Crippen LogP contribution in [0.4, 0.5) is 5.82 Å². The third kappa shape index (κ3) is 5.53.